The third-order valence-corrected chi connectivity index (χ3v) is 9.37. The second-order valence-electron chi connectivity index (χ2n) is 12.6. The zero-order valence-electron chi connectivity index (χ0n) is 26.8. The van der Waals surface area contributed by atoms with Gasteiger partial charge >= 0.3 is 0 Å². The number of nitrogens with one attached hydrogen (secondary N) is 1. The number of benzene rings is 2. The number of ether oxygens (including phenoxy) is 2. The SMILES string of the molecule is CCC[C@H](C)C(=O)N1C[C@H](Oc2cc(-c3ccccc3)nc3cc(OC)ccc23)C[C@H]1C(=O)N[C@]1(C(C)=O)CC1CCCCO. The number of likely N-dealkylation sites (tertiary alicyclic amines) is 1. The molecule has 1 unspecified atom stereocenters. The zero-order valence-corrected chi connectivity index (χ0v) is 26.8. The predicted molar refractivity (Wildman–Crippen MR) is 173 cm³/mol. The number of nitrogens with zero attached hydrogens (tertiary/aromatic N) is 2. The fourth-order valence-corrected chi connectivity index (χ4v) is 6.71. The smallest absolute Gasteiger partial charge is 0.243 e. The Bertz CT molecular complexity index is 1530. The molecule has 1 aliphatic carbocycles. The van der Waals surface area contributed by atoms with Gasteiger partial charge in [-0.3, -0.25) is 14.4 Å². The van der Waals surface area contributed by atoms with Crippen molar-refractivity contribution in [2.24, 2.45) is 11.8 Å². The lowest BCUT2D eigenvalue weighted by atomic mass is 10.0. The molecular weight excluding hydrogens is 570 g/mol. The van der Waals surface area contributed by atoms with Crippen LogP contribution in [-0.4, -0.2) is 70.5 Å². The largest absolute Gasteiger partial charge is 0.497 e. The fraction of sp³-hybridized carbons (Fsp3) is 0.500. The number of carbonyl (C=O) groups is 3. The summed E-state index contributed by atoms with van der Waals surface area (Å²) in [7, 11) is 1.61. The maximum Gasteiger partial charge on any atom is 0.243 e. The minimum atomic E-state index is -0.903. The van der Waals surface area contributed by atoms with Crippen molar-refractivity contribution in [3.05, 3.63) is 54.6 Å². The molecule has 240 valence electrons. The minimum absolute atomic E-state index is 0.0405. The van der Waals surface area contributed by atoms with Gasteiger partial charge in [-0.2, -0.15) is 0 Å². The van der Waals surface area contributed by atoms with E-state index in [1.807, 2.05) is 68.4 Å². The number of methoxy groups -OCH3 is 1. The van der Waals surface area contributed by atoms with Gasteiger partial charge in [-0.05, 0) is 50.7 Å². The van der Waals surface area contributed by atoms with Crippen LogP contribution in [0.25, 0.3) is 22.2 Å². The van der Waals surface area contributed by atoms with Crippen LogP contribution in [0.5, 0.6) is 11.5 Å². The van der Waals surface area contributed by atoms with Gasteiger partial charge < -0.3 is 24.8 Å². The van der Waals surface area contributed by atoms with Crippen LogP contribution in [-0.2, 0) is 14.4 Å². The Morgan fingerprint density at radius 1 is 1.13 bits per heavy atom. The molecule has 2 amide bonds. The second-order valence-corrected chi connectivity index (χ2v) is 12.6. The van der Waals surface area contributed by atoms with Crippen molar-refractivity contribution in [1.29, 1.82) is 0 Å². The lowest BCUT2D eigenvalue weighted by molar-refractivity contribution is -0.142. The van der Waals surface area contributed by atoms with Gasteiger partial charge in [-0.1, -0.05) is 57.0 Å². The average molecular weight is 616 g/mol. The molecule has 0 bridgehead atoms. The summed E-state index contributed by atoms with van der Waals surface area (Å²) in [4.78, 5) is 46.9. The van der Waals surface area contributed by atoms with Crippen LogP contribution >= 0.6 is 0 Å². The molecule has 45 heavy (non-hydrogen) atoms. The molecule has 1 saturated carbocycles. The number of carbonyl (C=O) groups excluding carboxylic acids is 3. The van der Waals surface area contributed by atoms with Gasteiger partial charge in [0, 0.05) is 42.0 Å². The van der Waals surface area contributed by atoms with E-state index in [0.29, 0.717) is 36.3 Å². The monoisotopic (exact) mass is 615 g/mol. The van der Waals surface area contributed by atoms with E-state index >= 15 is 0 Å². The first-order valence-electron chi connectivity index (χ1n) is 16.2. The summed E-state index contributed by atoms with van der Waals surface area (Å²) in [5, 5.41) is 13.1. The van der Waals surface area contributed by atoms with E-state index < -0.39 is 17.7 Å². The molecule has 2 heterocycles. The molecule has 1 saturated heterocycles. The van der Waals surface area contributed by atoms with Gasteiger partial charge in [-0.25, -0.2) is 4.98 Å². The normalized spacial score (nSPS) is 23.0. The van der Waals surface area contributed by atoms with Crippen molar-refractivity contribution in [3.8, 4) is 22.8 Å². The van der Waals surface area contributed by atoms with Gasteiger partial charge in [0.2, 0.25) is 11.8 Å². The fourth-order valence-electron chi connectivity index (χ4n) is 6.71. The summed E-state index contributed by atoms with van der Waals surface area (Å²) in [6.45, 7) is 5.83. The number of hydrogen-bond donors (Lipinski definition) is 2. The highest BCUT2D eigenvalue weighted by Gasteiger charge is 2.59. The van der Waals surface area contributed by atoms with E-state index in [-0.39, 0.29) is 42.6 Å². The van der Waals surface area contributed by atoms with Crippen molar-refractivity contribution in [2.45, 2.75) is 83.4 Å². The highest BCUT2D eigenvalue weighted by atomic mass is 16.5. The van der Waals surface area contributed by atoms with Crippen molar-refractivity contribution < 1.29 is 29.0 Å². The number of aliphatic hydroxyl groups excluding tert-OH is 1. The van der Waals surface area contributed by atoms with Gasteiger partial charge in [0.1, 0.15) is 29.2 Å². The van der Waals surface area contributed by atoms with E-state index in [1.165, 1.54) is 6.92 Å². The first-order valence-corrected chi connectivity index (χ1v) is 16.2. The van der Waals surface area contributed by atoms with Crippen LogP contribution in [0.15, 0.2) is 54.6 Å². The van der Waals surface area contributed by atoms with Crippen LogP contribution in [0.3, 0.4) is 0 Å². The van der Waals surface area contributed by atoms with Crippen LogP contribution < -0.4 is 14.8 Å². The third kappa shape index (κ3) is 6.98. The molecular formula is C36H45N3O6. The number of hydrogen-bond acceptors (Lipinski definition) is 7. The Labute approximate surface area is 265 Å². The van der Waals surface area contributed by atoms with Gasteiger partial charge in [0.15, 0.2) is 5.78 Å². The third-order valence-electron chi connectivity index (χ3n) is 9.37. The summed E-state index contributed by atoms with van der Waals surface area (Å²) in [5.74, 6) is 0.639. The zero-order chi connectivity index (χ0) is 32.1. The molecule has 1 aromatic heterocycles. The second kappa shape index (κ2) is 14.0. The van der Waals surface area contributed by atoms with Crippen LogP contribution in [0.2, 0.25) is 0 Å². The molecule has 0 radical (unpaired) electrons. The number of pyridine rings is 1. The number of amides is 2. The summed E-state index contributed by atoms with van der Waals surface area (Å²) in [6, 6.07) is 16.7. The first kappa shape index (κ1) is 32.4. The highest BCUT2D eigenvalue weighted by molar-refractivity contribution is 5.97. The predicted octanol–water partition coefficient (Wildman–Crippen LogP) is 5.32. The summed E-state index contributed by atoms with van der Waals surface area (Å²) >= 11 is 0. The van der Waals surface area contributed by atoms with E-state index in [0.717, 1.165) is 42.3 Å². The number of ketones is 1. The average Bonchev–Trinajstić information content (AvgIpc) is 3.58. The first-order chi connectivity index (χ1) is 21.7. The van der Waals surface area contributed by atoms with E-state index in [2.05, 4.69) is 5.32 Å². The molecule has 1 aliphatic heterocycles. The van der Waals surface area contributed by atoms with E-state index in [1.54, 1.807) is 12.0 Å². The molecule has 5 atom stereocenters. The molecule has 2 N–H and O–H groups in total. The number of rotatable bonds is 14. The lowest BCUT2D eigenvalue weighted by Gasteiger charge is -2.28. The van der Waals surface area contributed by atoms with Gasteiger partial charge in [0.05, 0.1) is 24.9 Å². The van der Waals surface area contributed by atoms with Crippen molar-refractivity contribution >= 4 is 28.5 Å². The molecule has 3 aromatic rings. The Hall–Kier alpha value is -3.98. The van der Waals surface area contributed by atoms with Gasteiger partial charge in [-0.15, -0.1) is 0 Å². The van der Waals surface area contributed by atoms with Crippen molar-refractivity contribution in [1.82, 2.24) is 15.2 Å². The van der Waals surface area contributed by atoms with E-state index in [9.17, 15) is 19.5 Å². The number of unbranched alkanes of at least 4 members (excludes halogenated alkanes) is 1. The Morgan fingerprint density at radius 3 is 2.60 bits per heavy atom. The van der Waals surface area contributed by atoms with Crippen LogP contribution in [0.1, 0.15) is 65.7 Å². The number of aliphatic hydroxyl groups is 1. The molecule has 0 spiro atoms. The number of aromatic nitrogens is 1. The molecule has 2 fully saturated rings. The van der Waals surface area contributed by atoms with Crippen LogP contribution in [0.4, 0.5) is 0 Å². The van der Waals surface area contributed by atoms with Gasteiger partial charge in [0.25, 0.3) is 0 Å². The minimum Gasteiger partial charge on any atom is -0.497 e. The molecule has 2 aliphatic rings. The molecule has 9 nitrogen and oxygen atoms in total. The Kier molecular flexibility index (Phi) is 10.1. The Morgan fingerprint density at radius 2 is 1.91 bits per heavy atom. The number of fused-ring (bicyclic) bond motifs is 1. The molecule has 9 heteroatoms. The van der Waals surface area contributed by atoms with Crippen molar-refractivity contribution in [2.75, 3.05) is 20.3 Å². The van der Waals surface area contributed by atoms with Crippen molar-refractivity contribution in [3.63, 3.8) is 0 Å². The summed E-state index contributed by atoms with van der Waals surface area (Å²) in [6.07, 6.45) is 4.24. The van der Waals surface area contributed by atoms with E-state index in [4.69, 9.17) is 14.5 Å². The lowest BCUT2D eigenvalue weighted by Crippen LogP contribution is -2.53. The molecule has 2 aromatic carbocycles. The quantitative estimate of drug-likeness (QED) is 0.236. The molecule has 5 rings (SSSR count). The maximum atomic E-state index is 13.9. The highest BCUT2D eigenvalue weighted by Crippen LogP contribution is 2.48. The topological polar surface area (TPSA) is 118 Å². The summed E-state index contributed by atoms with van der Waals surface area (Å²) < 4.78 is 12.1. The Balaban J connectivity index is 1.43. The summed E-state index contributed by atoms with van der Waals surface area (Å²) in [5.41, 5.74) is 1.49. The van der Waals surface area contributed by atoms with Crippen LogP contribution in [0, 0.1) is 11.8 Å². The number of Topliss-reactive ketones (excluding diaryl/α,β-unsaturated/α-hetero) is 1. The maximum absolute atomic E-state index is 13.9. The standard InChI is InChI=1S/C36H45N3O6/c1-5-11-23(2)35(43)39-22-28(19-32(39)34(42)38-36(24(3)41)21-26(36)14-9-10-17-40)45-33-20-30(25-12-7-6-8-13-25)37-31-18-27(44-4)15-16-29(31)33/h6-8,12-13,15-16,18,20,23,26,28,32,40H,5,9-11,14,17,19,21-22H2,1-4H3,(H,38,42)/t23-,26?,28+,32-,36-/m0/s1.